The molecule has 0 saturated carbocycles. The van der Waals surface area contributed by atoms with Gasteiger partial charge in [-0.15, -0.1) is 0 Å². The first-order chi connectivity index (χ1) is 18.5. The van der Waals surface area contributed by atoms with Crippen LogP contribution in [0.1, 0.15) is 11.7 Å². The number of aryl methyl sites for hydroxylation is 1. The lowest BCUT2D eigenvalue weighted by molar-refractivity contribution is -0.140. The number of hydrogen-bond acceptors (Lipinski definition) is 6. The Morgan fingerprint density at radius 1 is 0.947 bits per heavy atom. The summed E-state index contributed by atoms with van der Waals surface area (Å²) < 4.78 is 3.66. The van der Waals surface area contributed by atoms with Crippen molar-refractivity contribution in [3.05, 3.63) is 90.2 Å². The number of amides is 1. The van der Waals surface area contributed by atoms with Crippen molar-refractivity contribution in [3.63, 3.8) is 0 Å². The molecule has 1 aliphatic heterocycles. The minimum atomic E-state index is -1.23. The van der Waals surface area contributed by atoms with E-state index in [4.69, 9.17) is 11.6 Å². The molecular formula is C28H26ClN7O2. The predicted octanol–water partition coefficient (Wildman–Crippen LogP) is 3.83. The van der Waals surface area contributed by atoms with Crippen LogP contribution in [-0.4, -0.2) is 66.5 Å². The van der Waals surface area contributed by atoms with Crippen molar-refractivity contribution in [1.82, 2.24) is 29.3 Å². The van der Waals surface area contributed by atoms with Gasteiger partial charge in [0.2, 0.25) is 0 Å². The van der Waals surface area contributed by atoms with Gasteiger partial charge in [-0.25, -0.2) is 4.52 Å². The maximum Gasteiger partial charge on any atom is 0.256 e. The van der Waals surface area contributed by atoms with E-state index in [0.29, 0.717) is 36.8 Å². The van der Waals surface area contributed by atoms with Crippen molar-refractivity contribution in [2.75, 3.05) is 31.1 Å². The molecule has 5 aromatic rings. The van der Waals surface area contributed by atoms with E-state index in [1.807, 2.05) is 48.5 Å². The van der Waals surface area contributed by atoms with Crippen molar-refractivity contribution in [3.8, 4) is 22.3 Å². The molecule has 0 bridgehead atoms. The van der Waals surface area contributed by atoms with Crippen molar-refractivity contribution in [1.29, 1.82) is 0 Å². The van der Waals surface area contributed by atoms with Gasteiger partial charge >= 0.3 is 0 Å². The highest BCUT2D eigenvalue weighted by Crippen LogP contribution is 2.36. The molecule has 1 N–H and O–H groups in total. The standard InChI is InChI=1S/C28H26ClN7O2/c1-33-17-21(15-32-33)20-14-23(26-6-8-31-36(26)18-20)24-16-30-7-5-25(24)34-9-11-35(12-10-34)28(38)27(37)19-3-2-4-22(29)13-19/h2-8,13-18,27,37H,9-12H2,1H3/t27-/m1/s1. The number of anilines is 1. The highest BCUT2D eigenvalue weighted by molar-refractivity contribution is 6.30. The highest BCUT2D eigenvalue weighted by atomic mass is 35.5. The van der Waals surface area contributed by atoms with Crippen molar-refractivity contribution < 1.29 is 9.90 Å². The number of carbonyl (C=O) groups is 1. The van der Waals surface area contributed by atoms with Gasteiger partial charge in [0, 0.05) is 97.2 Å². The van der Waals surface area contributed by atoms with Crippen LogP contribution in [0.3, 0.4) is 0 Å². The Morgan fingerprint density at radius 3 is 2.55 bits per heavy atom. The Bertz CT molecular complexity index is 1620. The van der Waals surface area contributed by atoms with Gasteiger partial charge in [0.05, 0.1) is 11.7 Å². The van der Waals surface area contributed by atoms with E-state index >= 15 is 0 Å². The van der Waals surface area contributed by atoms with Gasteiger partial charge < -0.3 is 14.9 Å². The molecule has 0 unspecified atom stereocenters. The lowest BCUT2D eigenvalue weighted by Crippen LogP contribution is -2.50. The van der Waals surface area contributed by atoms with Crippen LogP contribution in [0.25, 0.3) is 27.8 Å². The van der Waals surface area contributed by atoms with Gasteiger partial charge in [-0.3, -0.25) is 14.5 Å². The Labute approximate surface area is 224 Å². The van der Waals surface area contributed by atoms with Crippen LogP contribution in [0.4, 0.5) is 5.69 Å². The maximum atomic E-state index is 13.0. The molecular weight excluding hydrogens is 502 g/mol. The van der Waals surface area contributed by atoms with Crippen molar-refractivity contribution >= 4 is 28.7 Å². The number of aliphatic hydroxyl groups excluding tert-OH is 1. The zero-order valence-electron chi connectivity index (χ0n) is 20.8. The quantitative estimate of drug-likeness (QED) is 0.373. The van der Waals surface area contributed by atoms with E-state index in [9.17, 15) is 9.90 Å². The number of aromatic nitrogens is 5. The number of rotatable bonds is 5. The second-order valence-electron chi connectivity index (χ2n) is 9.37. The average Bonchev–Trinajstić information content (AvgIpc) is 3.61. The Kier molecular flexibility index (Phi) is 6.30. The van der Waals surface area contributed by atoms with Crippen LogP contribution in [0, 0.1) is 0 Å². The fourth-order valence-electron chi connectivity index (χ4n) is 5.00. The SMILES string of the molecule is Cn1cc(-c2cc(-c3cnccc3N3CCN(C(=O)[C@H](O)c4cccc(Cl)c4)CC3)c3ccnn3c2)cn1. The lowest BCUT2D eigenvalue weighted by Gasteiger charge is -2.37. The largest absolute Gasteiger partial charge is 0.378 e. The minimum absolute atomic E-state index is 0.313. The van der Waals surface area contributed by atoms with Crippen LogP contribution in [0.2, 0.25) is 5.02 Å². The summed E-state index contributed by atoms with van der Waals surface area (Å²) in [6.45, 7) is 2.25. The monoisotopic (exact) mass is 527 g/mol. The van der Waals surface area contributed by atoms with Crippen LogP contribution in [-0.2, 0) is 11.8 Å². The van der Waals surface area contributed by atoms with Crippen molar-refractivity contribution in [2.45, 2.75) is 6.10 Å². The molecule has 1 fully saturated rings. The van der Waals surface area contributed by atoms with E-state index in [1.165, 1.54) is 0 Å². The second kappa shape index (κ2) is 9.92. The Morgan fingerprint density at radius 2 is 1.79 bits per heavy atom. The molecule has 1 saturated heterocycles. The number of pyridine rings is 2. The summed E-state index contributed by atoms with van der Waals surface area (Å²) in [6, 6.07) is 12.9. The van der Waals surface area contributed by atoms with E-state index in [1.54, 1.807) is 46.2 Å². The Hall–Kier alpha value is -4.21. The van der Waals surface area contributed by atoms with Crippen LogP contribution in [0.5, 0.6) is 0 Å². The van der Waals surface area contributed by atoms with Gasteiger partial charge in [0.15, 0.2) is 6.10 Å². The van der Waals surface area contributed by atoms with E-state index < -0.39 is 6.10 Å². The molecule has 0 spiro atoms. The van der Waals surface area contributed by atoms with Crippen molar-refractivity contribution in [2.24, 2.45) is 7.05 Å². The number of hydrogen-bond donors (Lipinski definition) is 1. The van der Waals surface area contributed by atoms with Gasteiger partial charge in [0.1, 0.15) is 0 Å². The minimum Gasteiger partial charge on any atom is -0.378 e. The summed E-state index contributed by atoms with van der Waals surface area (Å²) in [5.41, 5.74) is 6.52. The lowest BCUT2D eigenvalue weighted by atomic mass is 10.0. The van der Waals surface area contributed by atoms with Crippen LogP contribution < -0.4 is 4.90 Å². The number of carbonyl (C=O) groups excluding carboxylic acids is 1. The molecule has 0 radical (unpaired) electrons. The first kappa shape index (κ1) is 24.1. The summed E-state index contributed by atoms with van der Waals surface area (Å²) in [4.78, 5) is 21.4. The number of aliphatic hydroxyl groups is 1. The number of benzene rings is 1. The third-order valence-electron chi connectivity index (χ3n) is 6.96. The van der Waals surface area contributed by atoms with E-state index in [2.05, 4.69) is 26.1 Å². The predicted molar refractivity (Wildman–Crippen MR) is 146 cm³/mol. The maximum absolute atomic E-state index is 13.0. The summed E-state index contributed by atoms with van der Waals surface area (Å²) >= 11 is 6.05. The van der Waals surface area contributed by atoms with Crippen LogP contribution in [0.15, 0.2) is 79.6 Å². The fourth-order valence-corrected chi connectivity index (χ4v) is 5.20. The first-order valence-corrected chi connectivity index (χ1v) is 12.7. The third-order valence-corrected chi connectivity index (χ3v) is 7.20. The zero-order valence-corrected chi connectivity index (χ0v) is 21.5. The number of halogens is 1. The molecule has 1 aromatic carbocycles. The molecule has 4 aromatic heterocycles. The van der Waals surface area contributed by atoms with Gasteiger partial charge in [-0.05, 0) is 35.9 Å². The molecule has 1 atom stereocenters. The highest BCUT2D eigenvalue weighted by Gasteiger charge is 2.28. The molecule has 10 heteroatoms. The summed E-state index contributed by atoms with van der Waals surface area (Å²) in [6.07, 6.45) is 10.0. The number of fused-ring (bicyclic) bond motifs is 1. The molecule has 0 aliphatic carbocycles. The third kappa shape index (κ3) is 4.51. The second-order valence-corrected chi connectivity index (χ2v) is 9.81. The molecule has 5 heterocycles. The Balaban J connectivity index is 1.27. The fraction of sp³-hybridized carbons (Fsp3) is 0.214. The van der Waals surface area contributed by atoms with Gasteiger partial charge in [0.25, 0.3) is 5.91 Å². The smallest absolute Gasteiger partial charge is 0.256 e. The van der Waals surface area contributed by atoms with Crippen LogP contribution >= 0.6 is 11.6 Å². The zero-order chi connectivity index (χ0) is 26.2. The molecule has 1 aliphatic rings. The summed E-state index contributed by atoms with van der Waals surface area (Å²) in [7, 11) is 1.90. The average molecular weight is 528 g/mol. The number of piperazine rings is 1. The normalized spacial score (nSPS) is 14.7. The van der Waals surface area contributed by atoms with Gasteiger partial charge in [-0.1, -0.05) is 23.7 Å². The topological polar surface area (TPSA) is 91.8 Å². The van der Waals surface area contributed by atoms with E-state index in [-0.39, 0.29) is 5.91 Å². The summed E-state index contributed by atoms with van der Waals surface area (Å²) in [5.74, 6) is -0.313. The molecule has 9 nitrogen and oxygen atoms in total. The molecule has 6 rings (SSSR count). The molecule has 1 amide bonds. The van der Waals surface area contributed by atoms with E-state index in [0.717, 1.165) is 33.5 Å². The molecule has 192 valence electrons. The first-order valence-electron chi connectivity index (χ1n) is 12.4. The number of nitrogens with zero attached hydrogens (tertiary/aromatic N) is 7. The molecule has 38 heavy (non-hydrogen) atoms. The summed E-state index contributed by atoms with van der Waals surface area (Å²) in [5, 5.41) is 20.0. The van der Waals surface area contributed by atoms with Gasteiger partial charge in [-0.2, -0.15) is 10.2 Å².